The molecule has 1 aromatic carbocycles. The second-order valence-corrected chi connectivity index (χ2v) is 9.46. The van der Waals surface area contributed by atoms with Gasteiger partial charge in [0.1, 0.15) is 16.4 Å². The van der Waals surface area contributed by atoms with Gasteiger partial charge in [-0.3, -0.25) is 4.79 Å². The largest absolute Gasteiger partial charge is 0.497 e. The molecule has 0 saturated carbocycles. The molecule has 30 heavy (non-hydrogen) atoms. The number of thioether (sulfide) groups is 1. The van der Waals surface area contributed by atoms with Crippen molar-refractivity contribution in [1.29, 1.82) is 0 Å². The Morgan fingerprint density at radius 2 is 2.13 bits per heavy atom. The summed E-state index contributed by atoms with van der Waals surface area (Å²) in [6.07, 6.45) is 1.02. The van der Waals surface area contributed by atoms with Gasteiger partial charge in [-0.15, -0.1) is 11.3 Å². The average molecular weight is 445 g/mol. The summed E-state index contributed by atoms with van der Waals surface area (Å²) in [5.74, 6) is 1.71. The molecule has 3 heterocycles. The number of nitrogen functional groups attached to an aromatic ring is 1. The normalized spacial score (nSPS) is 15.9. The minimum absolute atomic E-state index is 0.133. The lowest BCUT2D eigenvalue weighted by molar-refractivity contribution is -0.113. The highest BCUT2D eigenvalue weighted by molar-refractivity contribution is 7.99. The van der Waals surface area contributed by atoms with E-state index in [1.165, 1.54) is 22.2 Å². The SMILES string of the molecule is COc1ccc(NC(=O)CSc2nc(N)c3c4c(sc3n2)CO[C@H](C(C)C)C4)cc1. The Bertz CT molecular complexity index is 1070. The second-order valence-electron chi connectivity index (χ2n) is 7.44. The number of carbonyl (C=O) groups excluding carboxylic acids is 1. The highest BCUT2D eigenvalue weighted by Gasteiger charge is 2.27. The van der Waals surface area contributed by atoms with E-state index < -0.39 is 0 Å². The van der Waals surface area contributed by atoms with Crippen molar-refractivity contribution >= 4 is 50.7 Å². The summed E-state index contributed by atoms with van der Waals surface area (Å²) < 4.78 is 11.1. The van der Waals surface area contributed by atoms with Crippen LogP contribution in [0.5, 0.6) is 5.75 Å². The van der Waals surface area contributed by atoms with Gasteiger partial charge in [-0.1, -0.05) is 25.6 Å². The number of anilines is 2. The summed E-state index contributed by atoms with van der Waals surface area (Å²) in [7, 11) is 1.60. The molecule has 158 valence electrons. The molecule has 1 atom stereocenters. The maximum absolute atomic E-state index is 12.3. The van der Waals surface area contributed by atoms with Gasteiger partial charge in [0.2, 0.25) is 5.91 Å². The lowest BCUT2D eigenvalue weighted by Gasteiger charge is -2.26. The van der Waals surface area contributed by atoms with E-state index in [0.29, 0.717) is 29.2 Å². The number of amides is 1. The van der Waals surface area contributed by atoms with Crippen molar-refractivity contribution in [2.45, 2.75) is 38.1 Å². The quantitative estimate of drug-likeness (QED) is 0.436. The smallest absolute Gasteiger partial charge is 0.234 e. The van der Waals surface area contributed by atoms with Gasteiger partial charge < -0.3 is 20.5 Å². The number of carbonyl (C=O) groups is 1. The van der Waals surface area contributed by atoms with Crippen LogP contribution < -0.4 is 15.8 Å². The lowest BCUT2D eigenvalue weighted by atomic mass is 9.96. The van der Waals surface area contributed by atoms with Gasteiger partial charge in [-0.25, -0.2) is 9.97 Å². The van der Waals surface area contributed by atoms with Crippen LogP contribution in [0.25, 0.3) is 10.2 Å². The monoisotopic (exact) mass is 444 g/mol. The zero-order valence-electron chi connectivity index (χ0n) is 17.1. The van der Waals surface area contributed by atoms with E-state index in [1.54, 1.807) is 42.7 Å². The molecule has 0 fully saturated rings. The van der Waals surface area contributed by atoms with Crippen LogP contribution in [0.15, 0.2) is 29.4 Å². The number of methoxy groups -OCH3 is 1. The van der Waals surface area contributed by atoms with Crippen molar-refractivity contribution in [3.05, 3.63) is 34.7 Å². The summed E-state index contributed by atoms with van der Waals surface area (Å²) in [6, 6.07) is 7.19. The van der Waals surface area contributed by atoms with E-state index in [0.717, 1.165) is 22.4 Å². The predicted octanol–water partition coefficient (Wildman–Crippen LogP) is 4.11. The fourth-order valence-corrected chi connectivity index (χ4v) is 5.22. The number of nitrogens with two attached hydrogens (primary N) is 1. The first-order chi connectivity index (χ1) is 14.4. The number of rotatable bonds is 6. The Balaban J connectivity index is 1.45. The number of nitrogens with zero attached hydrogens (tertiary/aromatic N) is 2. The Morgan fingerprint density at radius 3 is 2.83 bits per heavy atom. The van der Waals surface area contributed by atoms with Gasteiger partial charge in [0.15, 0.2) is 5.16 Å². The van der Waals surface area contributed by atoms with Crippen LogP contribution >= 0.6 is 23.1 Å². The Kier molecular flexibility index (Phi) is 6.12. The number of hydrogen-bond acceptors (Lipinski definition) is 8. The average Bonchev–Trinajstić information content (AvgIpc) is 3.11. The van der Waals surface area contributed by atoms with Crippen molar-refractivity contribution in [2.75, 3.05) is 23.9 Å². The standard InChI is InChI=1S/C21H24N4O3S2/c1-11(2)15-8-14-16(9-28-15)30-20-18(14)19(22)24-21(25-20)29-10-17(26)23-12-4-6-13(27-3)7-5-12/h4-7,11,15H,8-10H2,1-3H3,(H,23,26)(H2,22,24,25)/t15-/m0/s1. The predicted molar refractivity (Wildman–Crippen MR) is 121 cm³/mol. The van der Waals surface area contributed by atoms with Crippen LogP contribution in [0.3, 0.4) is 0 Å². The molecule has 1 amide bonds. The number of thiophene rings is 1. The minimum Gasteiger partial charge on any atom is -0.497 e. The molecule has 4 rings (SSSR count). The molecule has 0 radical (unpaired) electrons. The zero-order valence-corrected chi connectivity index (χ0v) is 18.7. The van der Waals surface area contributed by atoms with Gasteiger partial charge >= 0.3 is 0 Å². The van der Waals surface area contributed by atoms with E-state index in [4.69, 9.17) is 15.2 Å². The third-order valence-electron chi connectivity index (χ3n) is 5.03. The van der Waals surface area contributed by atoms with Crippen molar-refractivity contribution in [3.8, 4) is 5.75 Å². The molecule has 7 nitrogen and oxygen atoms in total. The second kappa shape index (κ2) is 8.79. The number of benzene rings is 1. The molecule has 1 aliphatic rings. The lowest BCUT2D eigenvalue weighted by Crippen LogP contribution is -2.26. The van der Waals surface area contributed by atoms with Crippen LogP contribution in [0.2, 0.25) is 0 Å². The fourth-order valence-electron chi connectivity index (χ4n) is 3.38. The van der Waals surface area contributed by atoms with E-state index in [2.05, 4.69) is 29.1 Å². The van der Waals surface area contributed by atoms with E-state index in [-0.39, 0.29) is 17.8 Å². The maximum Gasteiger partial charge on any atom is 0.234 e. The third kappa shape index (κ3) is 4.38. The van der Waals surface area contributed by atoms with Crippen molar-refractivity contribution in [2.24, 2.45) is 5.92 Å². The van der Waals surface area contributed by atoms with Crippen LogP contribution in [-0.4, -0.2) is 34.8 Å². The molecule has 0 unspecified atom stereocenters. The highest BCUT2D eigenvalue weighted by atomic mass is 32.2. The Hall–Kier alpha value is -2.36. The first kappa shape index (κ1) is 20.9. The molecular weight excluding hydrogens is 420 g/mol. The van der Waals surface area contributed by atoms with Gasteiger partial charge in [0, 0.05) is 17.0 Å². The molecule has 0 spiro atoms. The van der Waals surface area contributed by atoms with Crippen molar-refractivity contribution < 1.29 is 14.3 Å². The number of ether oxygens (including phenoxy) is 2. The Labute approximate surface area is 183 Å². The minimum atomic E-state index is -0.133. The summed E-state index contributed by atoms with van der Waals surface area (Å²) in [4.78, 5) is 23.4. The fraction of sp³-hybridized carbons (Fsp3) is 0.381. The highest BCUT2D eigenvalue weighted by Crippen LogP contribution is 2.39. The van der Waals surface area contributed by atoms with E-state index in [1.807, 2.05) is 0 Å². The number of hydrogen-bond donors (Lipinski definition) is 2. The zero-order chi connectivity index (χ0) is 21.3. The third-order valence-corrected chi connectivity index (χ3v) is 6.97. The van der Waals surface area contributed by atoms with Crippen LogP contribution in [0.4, 0.5) is 11.5 Å². The van der Waals surface area contributed by atoms with Gasteiger partial charge in [0.05, 0.1) is 31.0 Å². The molecule has 2 aromatic heterocycles. The number of aromatic nitrogens is 2. The van der Waals surface area contributed by atoms with Gasteiger partial charge in [-0.05, 0) is 35.7 Å². The first-order valence-corrected chi connectivity index (χ1v) is 11.5. The summed E-state index contributed by atoms with van der Waals surface area (Å²) >= 11 is 2.87. The first-order valence-electron chi connectivity index (χ1n) is 9.70. The summed E-state index contributed by atoms with van der Waals surface area (Å²) in [5.41, 5.74) is 8.22. The van der Waals surface area contributed by atoms with Crippen LogP contribution in [0, 0.1) is 5.92 Å². The van der Waals surface area contributed by atoms with Crippen LogP contribution in [-0.2, 0) is 22.6 Å². The molecule has 0 saturated heterocycles. The summed E-state index contributed by atoms with van der Waals surface area (Å²) in [6.45, 7) is 4.91. The maximum atomic E-state index is 12.3. The van der Waals surface area contributed by atoms with E-state index in [9.17, 15) is 4.79 Å². The Morgan fingerprint density at radius 1 is 1.37 bits per heavy atom. The molecule has 0 aliphatic carbocycles. The van der Waals surface area contributed by atoms with Crippen molar-refractivity contribution in [3.63, 3.8) is 0 Å². The number of fused-ring (bicyclic) bond motifs is 3. The van der Waals surface area contributed by atoms with Crippen molar-refractivity contribution in [1.82, 2.24) is 9.97 Å². The molecule has 0 bridgehead atoms. The number of nitrogens with one attached hydrogen (secondary N) is 1. The molecular formula is C21H24N4O3S2. The molecule has 3 aromatic rings. The summed E-state index contributed by atoms with van der Waals surface area (Å²) in [5, 5.41) is 4.30. The van der Waals surface area contributed by atoms with Gasteiger partial charge in [0.25, 0.3) is 0 Å². The van der Waals surface area contributed by atoms with Crippen LogP contribution in [0.1, 0.15) is 24.3 Å². The molecule has 3 N–H and O–H groups in total. The van der Waals surface area contributed by atoms with E-state index >= 15 is 0 Å². The topological polar surface area (TPSA) is 99.4 Å². The van der Waals surface area contributed by atoms with Gasteiger partial charge in [-0.2, -0.15) is 0 Å². The molecule has 9 heteroatoms. The molecule has 1 aliphatic heterocycles.